The fourth-order valence-corrected chi connectivity index (χ4v) is 4.62. The predicted molar refractivity (Wildman–Crippen MR) is 101 cm³/mol. The molecule has 7 nitrogen and oxygen atoms in total. The van der Waals surface area contributed by atoms with Gasteiger partial charge in [-0.25, -0.2) is 8.42 Å². The van der Waals surface area contributed by atoms with Gasteiger partial charge in [-0.1, -0.05) is 19.4 Å². The van der Waals surface area contributed by atoms with E-state index >= 15 is 0 Å². The number of amides is 1. The van der Waals surface area contributed by atoms with Crippen LogP contribution in [0.3, 0.4) is 0 Å². The fourth-order valence-electron chi connectivity index (χ4n) is 2.91. The Kier molecular flexibility index (Phi) is 5.13. The summed E-state index contributed by atoms with van der Waals surface area (Å²) in [6.45, 7) is 2.39. The van der Waals surface area contributed by atoms with E-state index in [0.717, 1.165) is 12.0 Å². The first-order valence-corrected chi connectivity index (χ1v) is 10.1. The molecule has 0 saturated carbocycles. The van der Waals surface area contributed by atoms with Gasteiger partial charge in [-0.15, -0.1) is 0 Å². The topological polar surface area (TPSA) is 99.3 Å². The van der Waals surface area contributed by atoms with Gasteiger partial charge in [0.2, 0.25) is 15.6 Å². The monoisotopic (exact) mass is 375 g/mol. The van der Waals surface area contributed by atoms with E-state index in [4.69, 9.17) is 0 Å². The molecule has 1 aliphatic heterocycles. The van der Waals surface area contributed by atoms with Crippen LogP contribution in [-0.4, -0.2) is 31.6 Å². The molecule has 8 heteroatoms. The molecule has 26 heavy (non-hydrogen) atoms. The summed E-state index contributed by atoms with van der Waals surface area (Å²) >= 11 is 0. The number of carbonyl (C=O) groups is 1. The van der Waals surface area contributed by atoms with Crippen LogP contribution in [0.15, 0.2) is 41.3 Å². The van der Waals surface area contributed by atoms with Crippen molar-refractivity contribution in [2.45, 2.75) is 26.2 Å². The van der Waals surface area contributed by atoms with Crippen molar-refractivity contribution in [3.63, 3.8) is 0 Å². The van der Waals surface area contributed by atoms with E-state index in [-0.39, 0.29) is 17.2 Å². The second kappa shape index (κ2) is 7.33. The van der Waals surface area contributed by atoms with Crippen molar-refractivity contribution in [2.24, 2.45) is 0 Å². The number of unbranched alkanes of at least 4 members (excludes halogenated alkanes) is 1. The Hall–Kier alpha value is -2.61. The van der Waals surface area contributed by atoms with Crippen LogP contribution in [0.1, 0.15) is 35.7 Å². The van der Waals surface area contributed by atoms with Crippen molar-refractivity contribution in [1.29, 1.82) is 0 Å². The van der Waals surface area contributed by atoms with E-state index in [0.29, 0.717) is 36.3 Å². The van der Waals surface area contributed by atoms with Crippen LogP contribution in [0, 0.1) is 0 Å². The molecule has 1 amide bonds. The van der Waals surface area contributed by atoms with Crippen molar-refractivity contribution >= 4 is 27.3 Å². The molecular formula is C18H21N3O4S. The van der Waals surface area contributed by atoms with E-state index in [1.165, 1.54) is 22.6 Å². The van der Waals surface area contributed by atoms with Gasteiger partial charge in [0.1, 0.15) is 0 Å². The van der Waals surface area contributed by atoms with Gasteiger partial charge in [0, 0.05) is 24.5 Å². The smallest absolute Gasteiger partial charge is 0.257 e. The van der Waals surface area contributed by atoms with E-state index in [2.05, 4.69) is 10.3 Å². The molecule has 1 aromatic carbocycles. The maximum Gasteiger partial charge on any atom is 0.257 e. The number of H-pyrrole nitrogens is 1. The van der Waals surface area contributed by atoms with Gasteiger partial charge in [-0.3, -0.25) is 13.9 Å². The number of aromatic amines is 1. The maximum atomic E-state index is 12.5. The first-order chi connectivity index (χ1) is 12.4. The molecule has 2 N–H and O–H groups in total. The molecule has 1 aliphatic rings. The molecular weight excluding hydrogens is 354 g/mol. The SMILES string of the molecule is CCCCS(=O)(=O)N1CCc2ccc(NC(=O)c3ccc(=O)[nH]c3)cc21. The Labute approximate surface area is 152 Å². The molecule has 0 atom stereocenters. The largest absolute Gasteiger partial charge is 0.328 e. The second-order valence-electron chi connectivity index (χ2n) is 6.23. The Bertz CT molecular complexity index is 962. The molecule has 0 bridgehead atoms. The summed E-state index contributed by atoms with van der Waals surface area (Å²) in [6.07, 6.45) is 3.44. The summed E-state index contributed by atoms with van der Waals surface area (Å²) in [5, 5.41) is 2.74. The van der Waals surface area contributed by atoms with Gasteiger partial charge in [0.25, 0.3) is 5.91 Å². The van der Waals surface area contributed by atoms with Crippen LogP contribution in [0.5, 0.6) is 0 Å². The zero-order valence-corrected chi connectivity index (χ0v) is 15.3. The van der Waals surface area contributed by atoms with E-state index in [1.807, 2.05) is 13.0 Å². The number of aromatic nitrogens is 1. The third-order valence-corrected chi connectivity index (χ3v) is 6.19. The van der Waals surface area contributed by atoms with Crippen molar-refractivity contribution in [3.8, 4) is 0 Å². The van der Waals surface area contributed by atoms with Gasteiger partial charge in [-0.2, -0.15) is 0 Å². The van der Waals surface area contributed by atoms with Crippen LogP contribution < -0.4 is 15.2 Å². The second-order valence-corrected chi connectivity index (χ2v) is 8.24. The van der Waals surface area contributed by atoms with E-state index in [1.54, 1.807) is 12.1 Å². The Morgan fingerprint density at radius 1 is 1.27 bits per heavy atom. The highest BCUT2D eigenvalue weighted by atomic mass is 32.2. The molecule has 2 aromatic rings. The number of anilines is 2. The van der Waals surface area contributed by atoms with Crippen molar-refractivity contribution in [2.75, 3.05) is 21.9 Å². The lowest BCUT2D eigenvalue weighted by atomic mass is 10.1. The number of fused-ring (bicyclic) bond motifs is 1. The average molecular weight is 375 g/mol. The zero-order chi connectivity index (χ0) is 18.7. The van der Waals surface area contributed by atoms with Crippen LogP contribution in [0.2, 0.25) is 0 Å². The van der Waals surface area contributed by atoms with Crippen LogP contribution >= 0.6 is 0 Å². The maximum absolute atomic E-state index is 12.5. The number of pyridine rings is 1. The average Bonchev–Trinajstić information content (AvgIpc) is 3.04. The number of carbonyl (C=O) groups excluding carboxylic acids is 1. The molecule has 2 heterocycles. The van der Waals surface area contributed by atoms with Crippen LogP contribution in [0.25, 0.3) is 0 Å². The number of nitrogens with one attached hydrogen (secondary N) is 2. The summed E-state index contributed by atoms with van der Waals surface area (Å²) in [5.41, 5.74) is 2.12. The Morgan fingerprint density at radius 3 is 2.77 bits per heavy atom. The Morgan fingerprint density at radius 2 is 2.08 bits per heavy atom. The van der Waals surface area contributed by atoms with Crippen LogP contribution in [0.4, 0.5) is 11.4 Å². The molecule has 3 rings (SSSR count). The minimum atomic E-state index is -3.36. The summed E-state index contributed by atoms with van der Waals surface area (Å²) < 4.78 is 26.5. The number of nitrogens with zero attached hydrogens (tertiary/aromatic N) is 1. The number of hydrogen-bond acceptors (Lipinski definition) is 4. The fraction of sp³-hybridized carbons (Fsp3) is 0.333. The van der Waals surface area contributed by atoms with Gasteiger partial charge in [0.05, 0.1) is 17.0 Å². The molecule has 0 radical (unpaired) electrons. The van der Waals surface area contributed by atoms with Gasteiger partial charge >= 0.3 is 0 Å². The van der Waals surface area contributed by atoms with Gasteiger partial charge < -0.3 is 10.3 Å². The highest BCUT2D eigenvalue weighted by molar-refractivity contribution is 7.92. The summed E-state index contributed by atoms with van der Waals surface area (Å²) in [7, 11) is -3.36. The third-order valence-electron chi connectivity index (χ3n) is 4.33. The van der Waals surface area contributed by atoms with E-state index in [9.17, 15) is 18.0 Å². The van der Waals surface area contributed by atoms with Gasteiger partial charge in [-0.05, 0) is 36.6 Å². The highest BCUT2D eigenvalue weighted by Gasteiger charge is 2.29. The molecule has 0 spiro atoms. The molecule has 0 aliphatic carbocycles. The minimum Gasteiger partial charge on any atom is -0.328 e. The number of hydrogen-bond donors (Lipinski definition) is 2. The van der Waals surface area contributed by atoms with Crippen LogP contribution in [-0.2, 0) is 16.4 Å². The predicted octanol–water partition coefficient (Wildman–Crippen LogP) is 2.12. The van der Waals surface area contributed by atoms with Crippen molar-refractivity contribution < 1.29 is 13.2 Å². The quantitative estimate of drug-likeness (QED) is 0.808. The van der Waals surface area contributed by atoms with Crippen molar-refractivity contribution in [3.05, 3.63) is 58.0 Å². The third kappa shape index (κ3) is 3.80. The lowest BCUT2D eigenvalue weighted by Gasteiger charge is -2.20. The lowest BCUT2D eigenvalue weighted by molar-refractivity contribution is 0.102. The van der Waals surface area contributed by atoms with Gasteiger partial charge in [0.15, 0.2) is 0 Å². The first kappa shape index (κ1) is 18.2. The van der Waals surface area contributed by atoms with E-state index < -0.39 is 10.0 Å². The summed E-state index contributed by atoms with van der Waals surface area (Å²) in [6, 6.07) is 8.00. The number of sulfonamides is 1. The molecule has 0 fully saturated rings. The molecule has 0 unspecified atom stereocenters. The summed E-state index contributed by atoms with van der Waals surface area (Å²) in [4.78, 5) is 25.8. The number of rotatable bonds is 6. The standard InChI is InChI=1S/C18H21N3O4S/c1-2-3-10-26(24,25)21-9-8-13-4-6-15(11-16(13)21)20-18(23)14-5-7-17(22)19-12-14/h4-7,11-12H,2-3,8-10H2,1H3,(H,19,22)(H,20,23). The zero-order valence-electron chi connectivity index (χ0n) is 14.5. The Balaban J connectivity index is 1.82. The molecule has 1 aromatic heterocycles. The summed E-state index contributed by atoms with van der Waals surface area (Å²) in [5.74, 6) is -0.253. The normalized spacial score (nSPS) is 13.5. The number of benzene rings is 1. The molecule has 138 valence electrons. The highest BCUT2D eigenvalue weighted by Crippen LogP contribution is 2.33. The minimum absolute atomic E-state index is 0.122. The first-order valence-electron chi connectivity index (χ1n) is 8.54. The molecule has 0 saturated heterocycles. The lowest BCUT2D eigenvalue weighted by Crippen LogP contribution is -2.31. The van der Waals surface area contributed by atoms with Crippen molar-refractivity contribution in [1.82, 2.24) is 4.98 Å².